The normalized spacial score (nSPS) is 48.8. The molecule has 1 N–H and O–H groups in total. The van der Waals surface area contributed by atoms with Crippen molar-refractivity contribution in [3.05, 3.63) is 23.8 Å². The zero-order valence-corrected chi connectivity index (χ0v) is 21.3. The summed E-state index contributed by atoms with van der Waals surface area (Å²) in [6.45, 7) is 14.6. The molecule has 32 heavy (non-hydrogen) atoms. The van der Waals surface area contributed by atoms with Gasteiger partial charge in [0.1, 0.15) is 11.2 Å². The second kappa shape index (κ2) is 7.68. The van der Waals surface area contributed by atoms with Gasteiger partial charge in [0.2, 0.25) is 0 Å². The van der Waals surface area contributed by atoms with Crippen molar-refractivity contribution < 1.29 is 14.9 Å². The molecule has 3 fully saturated rings. The Kier molecular flexibility index (Phi) is 5.55. The van der Waals surface area contributed by atoms with Crippen molar-refractivity contribution in [1.29, 1.82) is 0 Å². The van der Waals surface area contributed by atoms with Crippen molar-refractivity contribution >= 4 is 0 Å². The Morgan fingerprint density at radius 2 is 1.84 bits per heavy atom. The van der Waals surface area contributed by atoms with Crippen molar-refractivity contribution in [2.24, 2.45) is 40.4 Å². The molecule has 0 amide bonds. The van der Waals surface area contributed by atoms with Gasteiger partial charge in [-0.05, 0) is 85.3 Å². The summed E-state index contributed by atoms with van der Waals surface area (Å²) in [5.74, 6) is 3.61. The number of hydrogen-bond acceptors (Lipinski definition) is 3. The summed E-state index contributed by atoms with van der Waals surface area (Å²) in [7, 11) is 0. The second-order valence-electron chi connectivity index (χ2n) is 12.9. The van der Waals surface area contributed by atoms with Crippen LogP contribution in [-0.2, 0) is 9.78 Å². The molecule has 2 aliphatic heterocycles. The Morgan fingerprint density at radius 1 is 1.06 bits per heavy atom. The molecule has 0 aromatic heterocycles. The summed E-state index contributed by atoms with van der Waals surface area (Å²) in [6.07, 6.45) is 17.1. The highest BCUT2D eigenvalue weighted by Crippen LogP contribution is 2.71. The average Bonchev–Trinajstić information content (AvgIpc) is 3.12. The van der Waals surface area contributed by atoms with E-state index in [1.54, 1.807) is 0 Å². The monoisotopic (exact) mass is 442 g/mol. The predicted octanol–water partition coefficient (Wildman–Crippen LogP) is 7.01. The number of rotatable bonds is 6. The van der Waals surface area contributed by atoms with E-state index in [0.717, 1.165) is 42.9 Å². The largest absolute Gasteiger partial charge is 0.393 e. The van der Waals surface area contributed by atoms with Crippen LogP contribution in [0.25, 0.3) is 0 Å². The predicted molar refractivity (Wildman–Crippen MR) is 129 cm³/mol. The van der Waals surface area contributed by atoms with E-state index in [2.05, 4.69) is 59.8 Å². The molecule has 2 saturated carbocycles. The SMILES string of the molecule is CCC(CC[C@@H](C)C1CCC2[C@]1(C)CC=C1[C@]23C=C[C@]2(C[C@@H](O)CC[C@]12C)OO3)C(C)C. The first-order valence-corrected chi connectivity index (χ1v) is 13.6. The maximum atomic E-state index is 10.4. The van der Waals surface area contributed by atoms with E-state index in [9.17, 15) is 5.11 Å². The lowest BCUT2D eigenvalue weighted by atomic mass is 9.46. The van der Waals surface area contributed by atoms with Crippen LogP contribution in [-0.4, -0.2) is 22.4 Å². The summed E-state index contributed by atoms with van der Waals surface area (Å²) < 4.78 is 0. The van der Waals surface area contributed by atoms with Crippen LogP contribution in [0.2, 0.25) is 0 Å². The van der Waals surface area contributed by atoms with Crippen LogP contribution < -0.4 is 0 Å². The topological polar surface area (TPSA) is 38.7 Å². The van der Waals surface area contributed by atoms with Gasteiger partial charge in [-0.25, -0.2) is 9.78 Å². The van der Waals surface area contributed by atoms with Crippen LogP contribution in [0.4, 0.5) is 0 Å². The van der Waals surface area contributed by atoms with Crippen LogP contribution in [0.15, 0.2) is 23.8 Å². The number of hydrogen-bond donors (Lipinski definition) is 1. The Bertz CT molecular complexity index is 800. The molecule has 1 saturated heterocycles. The highest BCUT2D eigenvalue weighted by molar-refractivity contribution is 5.48. The van der Waals surface area contributed by atoms with Crippen LogP contribution in [0, 0.1) is 40.4 Å². The smallest absolute Gasteiger partial charge is 0.147 e. The number of fused-ring (bicyclic) bond motifs is 2. The molecule has 2 bridgehead atoms. The third kappa shape index (κ3) is 2.96. The van der Waals surface area contributed by atoms with Crippen LogP contribution in [0.1, 0.15) is 99.3 Å². The van der Waals surface area contributed by atoms with Gasteiger partial charge in [0, 0.05) is 17.8 Å². The van der Waals surface area contributed by atoms with Gasteiger partial charge in [0.05, 0.1) is 6.10 Å². The van der Waals surface area contributed by atoms with E-state index in [0.29, 0.717) is 12.3 Å². The highest BCUT2D eigenvalue weighted by Gasteiger charge is 2.71. The van der Waals surface area contributed by atoms with E-state index < -0.39 is 11.2 Å². The summed E-state index contributed by atoms with van der Waals surface area (Å²) in [6, 6.07) is 0. The molecule has 4 aliphatic carbocycles. The summed E-state index contributed by atoms with van der Waals surface area (Å²) in [5.41, 5.74) is 0.772. The van der Waals surface area contributed by atoms with E-state index in [1.807, 2.05) is 0 Å². The zero-order chi connectivity index (χ0) is 22.9. The first-order valence-electron chi connectivity index (χ1n) is 13.6. The van der Waals surface area contributed by atoms with Crippen molar-refractivity contribution in [2.45, 2.75) is 117 Å². The molecular formula is C29H46O3. The molecule has 3 heteroatoms. The van der Waals surface area contributed by atoms with Gasteiger partial charge in [-0.3, -0.25) is 0 Å². The summed E-state index contributed by atoms with van der Waals surface area (Å²) >= 11 is 0. The van der Waals surface area contributed by atoms with Crippen molar-refractivity contribution in [1.82, 2.24) is 0 Å². The van der Waals surface area contributed by atoms with Crippen molar-refractivity contribution in [2.75, 3.05) is 0 Å². The van der Waals surface area contributed by atoms with Crippen molar-refractivity contribution in [3.8, 4) is 0 Å². The van der Waals surface area contributed by atoms with Crippen LogP contribution >= 0.6 is 0 Å². The van der Waals surface area contributed by atoms with Crippen LogP contribution in [0.3, 0.4) is 0 Å². The van der Waals surface area contributed by atoms with E-state index >= 15 is 0 Å². The number of aliphatic hydroxyl groups excluding tert-OH is 1. The number of allylic oxidation sites excluding steroid dienone is 1. The third-order valence-corrected chi connectivity index (χ3v) is 11.2. The lowest BCUT2D eigenvalue weighted by molar-refractivity contribution is -0.455. The molecule has 9 atom stereocenters. The molecule has 180 valence electrons. The van der Waals surface area contributed by atoms with Gasteiger partial charge in [0.25, 0.3) is 0 Å². The highest BCUT2D eigenvalue weighted by atomic mass is 17.2. The Balaban J connectivity index is 1.42. The third-order valence-electron chi connectivity index (χ3n) is 11.2. The standard InChI is InChI=1S/C29H46O3/c1-7-21(19(2)3)9-8-20(4)23-10-11-24-26(23,5)14-13-25-27(6)15-12-22(30)18-28(27)16-17-29(24,25)32-31-28/h13,16-17,19-24,30H,7-12,14-15,18H2,1-6H3/t20-,21?,22+,23?,24?,26-,27-,28-,29+/m1/s1. The molecule has 0 radical (unpaired) electrons. The van der Waals surface area contributed by atoms with Gasteiger partial charge in [0.15, 0.2) is 0 Å². The van der Waals surface area contributed by atoms with E-state index in [4.69, 9.17) is 9.78 Å². The van der Waals surface area contributed by atoms with Gasteiger partial charge in [-0.15, -0.1) is 0 Å². The Hall–Kier alpha value is -0.640. The molecule has 6 aliphatic rings. The average molecular weight is 443 g/mol. The maximum Gasteiger partial charge on any atom is 0.147 e. The first-order chi connectivity index (χ1) is 15.1. The quantitative estimate of drug-likeness (QED) is 0.355. The van der Waals surface area contributed by atoms with E-state index in [1.165, 1.54) is 37.7 Å². The van der Waals surface area contributed by atoms with Crippen molar-refractivity contribution in [3.63, 3.8) is 0 Å². The van der Waals surface area contributed by atoms with Gasteiger partial charge in [-0.1, -0.05) is 60.5 Å². The van der Waals surface area contributed by atoms with Gasteiger partial charge in [-0.2, -0.15) is 0 Å². The summed E-state index contributed by atoms with van der Waals surface area (Å²) in [5, 5.41) is 10.4. The Labute approximate surface area is 195 Å². The molecule has 2 heterocycles. The molecular weight excluding hydrogens is 396 g/mol. The van der Waals surface area contributed by atoms with Crippen LogP contribution in [0.5, 0.6) is 0 Å². The fraction of sp³-hybridized carbons (Fsp3) is 0.862. The minimum Gasteiger partial charge on any atom is -0.393 e. The first kappa shape index (κ1) is 23.1. The lowest BCUT2D eigenvalue weighted by Gasteiger charge is -2.66. The molecule has 0 aromatic carbocycles. The second-order valence-corrected chi connectivity index (χ2v) is 12.9. The number of aliphatic hydroxyl groups is 1. The fourth-order valence-electron chi connectivity index (χ4n) is 9.06. The molecule has 2 spiro atoms. The van der Waals surface area contributed by atoms with Gasteiger partial charge < -0.3 is 5.11 Å². The minimum absolute atomic E-state index is 0.0596. The fourth-order valence-corrected chi connectivity index (χ4v) is 9.06. The maximum absolute atomic E-state index is 10.4. The molecule has 6 rings (SSSR count). The van der Waals surface area contributed by atoms with E-state index in [-0.39, 0.29) is 16.9 Å². The summed E-state index contributed by atoms with van der Waals surface area (Å²) in [4.78, 5) is 12.7. The zero-order valence-electron chi connectivity index (χ0n) is 21.3. The molecule has 3 nitrogen and oxygen atoms in total. The molecule has 0 aromatic rings. The lowest BCUT2D eigenvalue weighted by Crippen LogP contribution is -2.69. The molecule has 3 unspecified atom stereocenters. The van der Waals surface area contributed by atoms with Gasteiger partial charge >= 0.3 is 0 Å². The Morgan fingerprint density at radius 3 is 2.50 bits per heavy atom. The minimum atomic E-state index is -0.497.